The summed E-state index contributed by atoms with van der Waals surface area (Å²) in [6.45, 7) is 2.26. The first-order chi connectivity index (χ1) is 9.65. The summed E-state index contributed by atoms with van der Waals surface area (Å²) in [7, 11) is 0. The molecule has 1 saturated carbocycles. The number of thiazole rings is 1. The maximum atomic E-state index is 12.4. The van der Waals surface area contributed by atoms with Gasteiger partial charge in [0.1, 0.15) is 10.4 Å². The Balaban J connectivity index is 2.07. The summed E-state index contributed by atoms with van der Waals surface area (Å²) in [5.41, 5.74) is 0.333. The molecule has 3 rings (SSSR count). The SMILES string of the molecule is CCOC(=O)C1(c2nc3cc(Cl)ccc3s2)CCCC1. The maximum absolute atomic E-state index is 12.4. The van der Waals surface area contributed by atoms with Crippen LogP contribution in [0.1, 0.15) is 37.6 Å². The zero-order valence-corrected chi connectivity index (χ0v) is 12.9. The lowest BCUT2D eigenvalue weighted by molar-refractivity contribution is -0.150. The Bertz CT molecular complexity index is 646. The molecule has 0 atom stereocenters. The number of aromatic nitrogens is 1. The molecule has 106 valence electrons. The van der Waals surface area contributed by atoms with Crippen LogP contribution in [0.4, 0.5) is 0 Å². The Morgan fingerprint density at radius 3 is 2.90 bits per heavy atom. The average Bonchev–Trinajstić information content (AvgIpc) is 3.05. The molecule has 0 aliphatic heterocycles. The highest BCUT2D eigenvalue weighted by Gasteiger charge is 2.46. The van der Waals surface area contributed by atoms with Crippen LogP contribution < -0.4 is 0 Å². The monoisotopic (exact) mass is 309 g/mol. The zero-order chi connectivity index (χ0) is 14.2. The molecule has 1 aromatic heterocycles. The number of rotatable bonds is 3. The van der Waals surface area contributed by atoms with Crippen molar-refractivity contribution in [3.8, 4) is 0 Å². The third kappa shape index (κ3) is 2.21. The van der Waals surface area contributed by atoms with Crippen molar-refractivity contribution in [3.63, 3.8) is 0 Å². The fraction of sp³-hybridized carbons (Fsp3) is 0.467. The molecule has 3 nitrogen and oxygen atoms in total. The standard InChI is InChI=1S/C15H16ClNO2S/c1-2-19-14(18)15(7-3-4-8-15)13-17-11-9-10(16)5-6-12(11)20-13/h5-6,9H,2-4,7-8H2,1H3. The van der Waals surface area contributed by atoms with Crippen LogP contribution >= 0.6 is 22.9 Å². The average molecular weight is 310 g/mol. The van der Waals surface area contributed by atoms with Gasteiger partial charge in [0.25, 0.3) is 0 Å². The minimum Gasteiger partial charge on any atom is -0.465 e. The summed E-state index contributed by atoms with van der Waals surface area (Å²) in [5.74, 6) is -0.123. The van der Waals surface area contributed by atoms with Crippen LogP contribution in [0.15, 0.2) is 18.2 Å². The van der Waals surface area contributed by atoms with Gasteiger partial charge in [-0.1, -0.05) is 24.4 Å². The molecule has 1 aliphatic carbocycles. The highest BCUT2D eigenvalue weighted by Crippen LogP contribution is 2.45. The second-order valence-electron chi connectivity index (χ2n) is 5.14. The van der Waals surface area contributed by atoms with Crippen molar-refractivity contribution in [2.24, 2.45) is 0 Å². The van der Waals surface area contributed by atoms with Crippen LogP contribution in [0.25, 0.3) is 10.2 Å². The number of ether oxygens (including phenoxy) is 1. The van der Waals surface area contributed by atoms with Gasteiger partial charge in [0.15, 0.2) is 0 Å². The van der Waals surface area contributed by atoms with E-state index in [0.717, 1.165) is 40.9 Å². The van der Waals surface area contributed by atoms with E-state index in [4.69, 9.17) is 16.3 Å². The molecular weight excluding hydrogens is 294 g/mol. The van der Waals surface area contributed by atoms with E-state index >= 15 is 0 Å². The predicted octanol–water partition coefficient (Wildman–Crippen LogP) is 4.32. The van der Waals surface area contributed by atoms with E-state index < -0.39 is 5.41 Å². The van der Waals surface area contributed by atoms with Crippen molar-refractivity contribution in [2.45, 2.75) is 38.0 Å². The minimum absolute atomic E-state index is 0.123. The number of carbonyl (C=O) groups is 1. The molecule has 0 saturated heterocycles. The van der Waals surface area contributed by atoms with Crippen LogP contribution in [0.5, 0.6) is 0 Å². The van der Waals surface area contributed by atoms with Crippen LogP contribution in [-0.4, -0.2) is 17.6 Å². The van der Waals surface area contributed by atoms with E-state index in [2.05, 4.69) is 4.98 Å². The summed E-state index contributed by atoms with van der Waals surface area (Å²) in [6, 6.07) is 5.68. The minimum atomic E-state index is -0.536. The lowest BCUT2D eigenvalue weighted by Gasteiger charge is -2.23. The molecule has 1 heterocycles. The molecule has 0 spiro atoms. The molecule has 1 fully saturated rings. The molecule has 0 amide bonds. The summed E-state index contributed by atoms with van der Waals surface area (Å²) >= 11 is 7.59. The summed E-state index contributed by atoms with van der Waals surface area (Å²) in [5, 5.41) is 1.55. The molecular formula is C15H16ClNO2S. The second kappa shape index (κ2) is 5.34. The van der Waals surface area contributed by atoms with E-state index in [1.54, 1.807) is 11.3 Å². The van der Waals surface area contributed by atoms with Gasteiger partial charge in [-0.2, -0.15) is 0 Å². The lowest BCUT2D eigenvalue weighted by atomic mass is 9.87. The zero-order valence-electron chi connectivity index (χ0n) is 11.3. The quantitative estimate of drug-likeness (QED) is 0.792. The van der Waals surface area contributed by atoms with Gasteiger partial charge >= 0.3 is 5.97 Å². The van der Waals surface area contributed by atoms with Gasteiger partial charge in [-0.05, 0) is 38.0 Å². The van der Waals surface area contributed by atoms with Gasteiger partial charge < -0.3 is 4.74 Å². The van der Waals surface area contributed by atoms with Crippen LogP contribution in [0.3, 0.4) is 0 Å². The van der Waals surface area contributed by atoms with E-state index in [1.165, 1.54) is 0 Å². The first-order valence-corrected chi connectivity index (χ1v) is 8.09. The molecule has 0 N–H and O–H groups in total. The number of benzene rings is 1. The molecule has 5 heteroatoms. The summed E-state index contributed by atoms with van der Waals surface area (Å²) in [6.07, 6.45) is 3.77. The largest absolute Gasteiger partial charge is 0.465 e. The molecule has 1 aliphatic rings. The summed E-state index contributed by atoms with van der Waals surface area (Å²) in [4.78, 5) is 17.1. The fourth-order valence-corrected chi connectivity index (χ4v) is 4.21. The van der Waals surface area contributed by atoms with Gasteiger partial charge in [0, 0.05) is 5.02 Å². The van der Waals surface area contributed by atoms with Crippen molar-refractivity contribution in [3.05, 3.63) is 28.2 Å². The first-order valence-electron chi connectivity index (χ1n) is 6.89. The molecule has 0 radical (unpaired) electrons. The number of nitrogens with zero attached hydrogens (tertiary/aromatic N) is 1. The molecule has 0 bridgehead atoms. The number of hydrogen-bond acceptors (Lipinski definition) is 4. The van der Waals surface area contributed by atoms with E-state index in [1.807, 2.05) is 25.1 Å². The Hall–Kier alpha value is -1.13. The maximum Gasteiger partial charge on any atom is 0.319 e. The van der Waals surface area contributed by atoms with Gasteiger partial charge in [0.2, 0.25) is 0 Å². The number of carbonyl (C=O) groups excluding carboxylic acids is 1. The van der Waals surface area contributed by atoms with Crippen molar-refractivity contribution >= 4 is 39.1 Å². The van der Waals surface area contributed by atoms with Crippen molar-refractivity contribution < 1.29 is 9.53 Å². The van der Waals surface area contributed by atoms with Crippen LogP contribution in [-0.2, 0) is 14.9 Å². The Morgan fingerprint density at radius 2 is 2.20 bits per heavy atom. The van der Waals surface area contributed by atoms with Crippen molar-refractivity contribution in [2.75, 3.05) is 6.61 Å². The number of halogens is 1. The Labute approximate surface area is 126 Å². The van der Waals surface area contributed by atoms with E-state index in [-0.39, 0.29) is 5.97 Å². The Kier molecular flexibility index (Phi) is 3.69. The molecule has 2 aromatic rings. The number of hydrogen-bond donors (Lipinski definition) is 0. The van der Waals surface area contributed by atoms with Gasteiger partial charge in [-0.25, -0.2) is 4.98 Å². The van der Waals surface area contributed by atoms with Crippen molar-refractivity contribution in [1.29, 1.82) is 0 Å². The van der Waals surface area contributed by atoms with Crippen LogP contribution in [0, 0.1) is 0 Å². The van der Waals surface area contributed by atoms with Crippen molar-refractivity contribution in [1.82, 2.24) is 4.98 Å². The smallest absolute Gasteiger partial charge is 0.319 e. The molecule has 0 unspecified atom stereocenters. The molecule has 1 aromatic carbocycles. The van der Waals surface area contributed by atoms with E-state index in [9.17, 15) is 4.79 Å². The number of fused-ring (bicyclic) bond motifs is 1. The fourth-order valence-electron chi connectivity index (χ4n) is 2.86. The highest BCUT2D eigenvalue weighted by molar-refractivity contribution is 7.18. The Morgan fingerprint density at radius 1 is 1.45 bits per heavy atom. The van der Waals surface area contributed by atoms with Crippen LogP contribution in [0.2, 0.25) is 5.02 Å². The normalized spacial score (nSPS) is 17.5. The third-order valence-electron chi connectivity index (χ3n) is 3.88. The third-order valence-corrected chi connectivity index (χ3v) is 5.36. The predicted molar refractivity (Wildman–Crippen MR) is 81.4 cm³/mol. The highest BCUT2D eigenvalue weighted by atomic mass is 35.5. The number of esters is 1. The van der Waals surface area contributed by atoms with Gasteiger partial charge in [-0.3, -0.25) is 4.79 Å². The lowest BCUT2D eigenvalue weighted by Crippen LogP contribution is -2.34. The second-order valence-corrected chi connectivity index (χ2v) is 6.61. The van der Waals surface area contributed by atoms with Gasteiger partial charge in [-0.15, -0.1) is 11.3 Å². The summed E-state index contributed by atoms with van der Waals surface area (Å²) < 4.78 is 6.37. The van der Waals surface area contributed by atoms with Gasteiger partial charge in [0.05, 0.1) is 16.8 Å². The topological polar surface area (TPSA) is 39.2 Å². The molecule has 20 heavy (non-hydrogen) atoms. The first kappa shape index (κ1) is 13.8. The van der Waals surface area contributed by atoms with E-state index in [0.29, 0.717) is 11.6 Å².